The molecular weight excluding hydrogens is 272 g/mol. The summed E-state index contributed by atoms with van der Waals surface area (Å²) < 4.78 is 0. The topological polar surface area (TPSA) is 37.3 Å². The molecule has 0 fully saturated rings. The van der Waals surface area contributed by atoms with Gasteiger partial charge in [0.05, 0.1) is 0 Å². The summed E-state index contributed by atoms with van der Waals surface area (Å²) in [6.07, 6.45) is 0. The molecule has 3 heteroatoms. The highest BCUT2D eigenvalue weighted by molar-refractivity contribution is 6.68. The highest BCUT2D eigenvalue weighted by Gasteiger charge is 2.22. The molecule has 0 saturated carbocycles. The van der Waals surface area contributed by atoms with Gasteiger partial charge in [0.2, 0.25) is 0 Å². The van der Waals surface area contributed by atoms with Gasteiger partial charge in [-0.1, -0.05) is 45.0 Å². The van der Waals surface area contributed by atoms with Crippen molar-refractivity contribution in [1.29, 1.82) is 0 Å². The zero-order valence-electron chi connectivity index (χ0n) is 11.8. The molecule has 0 radical (unpaired) electrons. The van der Waals surface area contributed by atoms with E-state index in [2.05, 4.69) is 20.8 Å². The first-order valence-corrected chi connectivity index (χ1v) is 6.81. The molecule has 0 amide bonds. The zero-order valence-corrected chi connectivity index (χ0v) is 12.5. The number of hydrogen-bond acceptors (Lipinski definition) is 2. The molecule has 0 saturated heterocycles. The van der Waals surface area contributed by atoms with Crippen molar-refractivity contribution in [3.05, 3.63) is 53.6 Å². The van der Waals surface area contributed by atoms with E-state index in [1.54, 1.807) is 30.3 Å². The fourth-order valence-electron chi connectivity index (χ4n) is 2.28. The van der Waals surface area contributed by atoms with Gasteiger partial charge in [-0.2, -0.15) is 0 Å². The average molecular weight is 289 g/mol. The van der Waals surface area contributed by atoms with Crippen molar-refractivity contribution >= 4 is 16.8 Å². The van der Waals surface area contributed by atoms with Gasteiger partial charge in [0.25, 0.3) is 5.24 Å². The number of halogens is 1. The molecule has 20 heavy (non-hydrogen) atoms. The molecule has 0 unspecified atom stereocenters. The maximum absolute atomic E-state index is 11.7. The first kappa shape index (κ1) is 14.6. The zero-order chi connectivity index (χ0) is 14.9. The Labute approximate surface area is 124 Å². The standard InChI is InChI=1S/C17H17ClO2/c1-17(2,3)14-6-4-5-13(16(18)20)15(14)11-7-9-12(19)10-8-11/h4-10,19H,1-3H3. The lowest BCUT2D eigenvalue weighted by Crippen LogP contribution is -2.14. The SMILES string of the molecule is CC(C)(C)c1cccc(C(=O)Cl)c1-c1ccc(O)cc1. The van der Waals surface area contributed by atoms with E-state index in [0.29, 0.717) is 5.56 Å². The Bertz CT molecular complexity index is 637. The minimum absolute atomic E-state index is 0.116. The van der Waals surface area contributed by atoms with Crippen LogP contribution in [0.25, 0.3) is 11.1 Å². The maximum atomic E-state index is 11.7. The van der Waals surface area contributed by atoms with Gasteiger partial charge in [0, 0.05) is 5.56 Å². The minimum Gasteiger partial charge on any atom is -0.508 e. The van der Waals surface area contributed by atoms with Crippen LogP contribution in [0.15, 0.2) is 42.5 Å². The molecule has 0 aliphatic carbocycles. The molecule has 2 aromatic carbocycles. The van der Waals surface area contributed by atoms with Crippen LogP contribution < -0.4 is 0 Å². The monoisotopic (exact) mass is 288 g/mol. The van der Waals surface area contributed by atoms with E-state index in [4.69, 9.17) is 11.6 Å². The summed E-state index contributed by atoms with van der Waals surface area (Å²) in [5.74, 6) is 0.195. The van der Waals surface area contributed by atoms with Gasteiger partial charge in [-0.05, 0) is 51.9 Å². The van der Waals surface area contributed by atoms with E-state index in [1.165, 1.54) is 0 Å². The van der Waals surface area contributed by atoms with E-state index < -0.39 is 5.24 Å². The summed E-state index contributed by atoms with van der Waals surface area (Å²) in [5.41, 5.74) is 3.13. The van der Waals surface area contributed by atoms with Crippen LogP contribution in [0, 0.1) is 0 Å². The third-order valence-electron chi connectivity index (χ3n) is 3.24. The first-order chi connectivity index (χ1) is 9.30. The summed E-state index contributed by atoms with van der Waals surface area (Å²) in [4.78, 5) is 11.7. The van der Waals surface area contributed by atoms with E-state index in [1.807, 2.05) is 12.1 Å². The van der Waals surface area contributed by atoms with Gasteiger partial charge in [-0.15, -0.1) is 0 Å². The fraction of sp³-hybridized carbons (Fsp3) is 0.235. The predicted molar refractivity (Wildman–Crippen MR) is 82.4 cm³/mol. The molecule has 2 aromatic rings. The number of aromatic hydroxyl groups is 1. The number of carbonyl (C=O) groups is 1. The van der Waals surface area contributed by atoms with E-state index >= 15 is 0 Å². The van der Waals surface area contributed by atoms with Crippen molar-refractivity contribution in [1.82, 2.24) is 0 Å². The van der Waals surface area contributed by atoms with Crippen molar-refractivity contribution in [3.63, 3.8) is 0 Å². The lowest BCUT2D eigenvalue weighted by molar-refractivity contribution is 0.108. The highest BCUT2D eigenvalue weighted by Crippen LogP contribution is 2.36. The number of hydrogen-bond donors (Lipinski definition) is 1. The quantitative estimate of drug-likeness (QED) is 0.811. The van der Waals surface area contributed by atoms with Crippen LogP contribution in [-0.2, 0) is 5.41 Å². The smallest absolute Gasteiger partial charge is 0.253 e. The van der Waals surface area contributed by atoms with E-state index in [-0.39, 0.29) is 11.2 Å². The van der Waals surface area contributed by atoms with Crippen LogP contribution in [0.1, 0.15) is 36.7 Å². The van der Waals surface area contributed by atoms with Crippen LogP contribution in [0.4, 0.5) is 0 Å². The molecule has 0 aromatic heterocycles. The van der Waals surface area contributed by atoms with Crippen molar-refractivity contribution in [2.24, 2.45) is 0 Å². The molecule has 104 valence electrons. The Morgan fingerprint density at radius 2 is 1.65 bits per heavy atom. The second-order valence-electron chi connectivity index (χ2n) is 5.80. The largest absolute Gasteiger partial charge is 0.508 e. The van der Waals surface area contributed by atoms with Crippen molar-refractivity contribution < 1.29 is 9.90 Å². The summed E-state index contributed by atoms with van der Waals surface area (Å²) in [7, 11) is 0. The number of phenolic OH excluding ortho intramolecular Hbond substituents is 1. The maximum Gasteiger partial charge on any atom is 0.253 e. The molecule has 0 aliphatic rings. The Balaban J connectivity index is 2.76. The second kappa shape index (κ2) is 5.29. The third-order valence-corrected chi connectivity index (χ3v) is 3.44. The summed E-state index contributed by atoms with van der Waals surface area (Å²) in [6, 6.07) is 12.4. The number of rotatable bonds is 2. The molecule has 0 aliphatic heterocycles. The summed E-state index contributed by atoms with van der Waals surface area (Å²) in [6.45, 7) is 6.28. The minimum atomic E-state index is -0.473. The van der Waals surface area contributed by atoms with Crippen LogP contribution in [0.3, 0.4) is 0 Å². The first-order valence-electron chi connectivity index (χ1n) is 6.43. The number of phenols is 1. The summed E-state index contributed by atoms with van der Waals surface area (Å²) >= 11 is 5.72. The predicted octanol–water partition coefficient (Wildman–Crippen LogP) is 4.74. The van der Waals surface area contributed by atoms with Gasteiger partial charge in [0.1, 0.15) is 5.75 Å². The Hall–Kier alpha value is -1.80. The second-order valence-corrected chi connectivity index (χ2v) is 6.14. The molecule has 1 N–H and O–H groups in total. The molecule has 0 spiro atoms. The van der Waals surface area contributed by atoms with Crippen molar-refractivity contribution in [3.8, 4) is 16.9 Å². The lowest BCUT2D eigenvalue weighted by Gasteiger charge is -2.24. The Morgan fingerprint density at radius 1 is 1.05 bits per heavy atom. The fourth-order valence-corrected chi connectivity index (χ4v) is 2.44. The molecule has 0 atom stereocenters. The Morgan fingerprint density at radius 3 is 2.15 bits per heavy atom. The van der Waals surface area contributed by atoms with Gasteiger partial charge in [-0.25, -0.2) is 0 Å². The van der Waals surface area contributed by atoms with Crippen molar-refractivity contribution in [2.75, 3.05) is 0 Å². The molecule has 0 heterocycles. The van der Waals surface area contributed by atoms with Crippen LogP contribution in [0.2, 0.25) is 0 Å². The Kier molecular flexibility index (Phi) is 3.87. The normalized spacial score (nSPS) is 11.4. The molecule has 2 rings (SSSR count). The van der Waals surface area contributed by atoms with Crippen LogP contribution in [0.5, 0.6) is 5.75 Å². The lowest BCUT2D eigenvalue weighted by atomic mass is 9.80. The van der Waals surface area contributed by atoms with Crippen molar-refractivity contribution in [2.45, 2.75) is 26.2 Å². The molecule has 2 nitrogen and oxygen atoms in total. The van der Waals surface area contributed by atoms with Crippen LogP contribution >= 0.6 is 11.6 Å². The molecule has 0 bridgehead atoms. The van der Waals surface area contributed by atoms with Gasteiger partial charge >= 0.3 is 0 Å². The van der Waals surface area contributed by atoms with Gasteiger partial charge in [0.15, 0.2) is 0 Å². The third kappa shape index (κ3) is 2.86. The van der Waals surface area contributed by atoms with Gasteiger partial charge in [-0.3, -0.25) is 4.79 Å². The highest BCUT2D eigenvalue weighted by atomic mass is 35.5. The van der Waals surface area contributed by atoms with E-state index in [9.17, 15) is 9.90 Å². The van der Waals surface area contributed by atoms with E-state index in [0.717, 1.165) is 16.7 Å². The number of benzene rings is 2. The van der Waals surface area contributed by atoms with Crippen LogP contribution in [-0.4, -0.2) is 10.3 Å². The average Bonchev–Trinajstić information content (AvgIpc) is 2.37. The van der Waals surface area contributed by atoms with Gasteiger partial charge < -0.3 is 5.11 Å². The number of carbonyl (C=O) groups excluding carboxylic acids is 1. The molecular formula is C17H17ClO2. The summed E-state index contributed by atoms with van der Waals surface area (Å²) in [5, 5.41) is 8.95.